The number of benzene rings is 1. The smallest absolute Gasteiger partial charge is 0.274 e. The minimum absolute atomic E-state index is 0.0232. The molecule has 1 saturated heterocycles. The SMILES string of the molecule is O=c1cc(CC2CNCCO2)nc2nc(-c3ccccc3Cl)[nH]n12. The van der Waals surface area contributed by atoms with Gasteiger partial charge in [-0.3, -0.25) is 9.89 Å². The summed E-state index contributed by atoms with van der Waals surface area (Å²) in [6, 6.07) is 8.84. The standard InChI is InChI=1S/C16H16ClN5O2/c17-13-4-2-1-3-12(13)15-20-16-19-10(8-14(23)22(16)21-15)7-11-9-18-5-6-24-11/h1-4,8,11,18H,5-7,9H2,(H,19,20,21). The normalized spacial score (nSPS) is 18.1. The number of nitrogens with zero attached hydrogens (tertiary/aromatic N) is 3. The number of nitrogens with one attached hydrogen (secondary N) is 2. The molecule has 2 aromatic heterocycles. The third-order valence-electron chi connectivity index (χ3n) is 3.95. The van der Waals surface area contributed by atoms with E-state index in [-0.39, 0.29) is 11.7 Å². The number of ether oxygens (including phenoxy) is 1. The molecule has 1 unspecified atom stereocenters. The zero-order valence-electron chi connectivity index (χ0n) is 12.8. The molecule has 0 aliphatic carbocycles. The van der Waals surface area contributed by atoms with Crippen molar-refractivity contribution < 1.29 is 4.74 Å². The highest BCUT2D eigenvalue weighted by Crippen LogP contribution is 2.24. The Morgan fingerprint density at radius 2 is 2.21 bits per heavy atom. The maximum atomic E-state index is 12.3. The summed E-state index contributed by atoms with van der Waals surface area (Å²) in [6.45, 7) is 2.28. The summed E-state index contributed by atoms with van der Waals surface area (Å²) < 4.78 is 6.99. The quantitative estimate of drug-likeness (QED) is 0.746. The Kier molecular flexibility index (Phi) is 4.05. The van der Waals surface area contributed by atoms with Gasteiger partial charge >= 0.3 is 0 Å². The van der Waals surface area contributed by atoms with Gasteiger partial charge in [-0.25, -0.2) is 4.98 Å². The lowest BCUT2D eigenvalue weighted by Gasteiger charge is -2.23. The van der Waals surface area contributed by atoms with Crippen molar-refractivity contribution in [3.63, 3.8) is 0 Å². The van der Waals surface area contributed by atoms with Crippen LogP contribution in [0.15, 0.2) is 35.1 Å². The van der Waals surface area contributed by atoms with Crippen molar-refractivity contribution >= 4 is 17.4 Å². The predicted molar refractivity (Wildman–Crippen MR) is 90.4 cm³/mol. The molecule has 0 radical (unpaired) electrons. The molecule has 1 aliphatic heterocycles. The van der Waals surface area contributed by atoms with Gasteiger partial charge in [-0.15, -0.1) is 0 Å². The molecule has 4 rings (SSSR count). The van der Waals surface area contributed by atoms with Gasteiger partial charge < -0.3 is 10.1 Å². The molecule has 1 fully saturated rings. The number of hydrogen-bond acceptors (Lipinski definition) is 5. The van der Waals surface area contributed by atoms with Gasteiger partial charge in [0.25, 0.3) is 11.3 Å². The number of halogens is 1. The van der Waals surface area contributed by atoms with Crippen LogP contribution in [0.5, 0.6) is 0 Å². The third kappa shape index (κ3) is 2.93. The van der Waals surface area contributed by atoms with Crippen molar-refractivity contribution in [1.82, 2.24) is 24.9 Å². The van der Waals surface area contributed by atoms with E-state index >= 15 is 0 Å². The molecule has 0 amide bonds. The van der Waals surface area contributed by atoms with Gasteiger partial charge in [0, 0.05) is 31.1 Å². The van der Waals surface area contributed by atoms with Crippen molar-refractivity contribution in [2.45, 2.75) is 12.5 Å². The average molecular weight is 346 g/mol. The van der Waals surface area contributed by atoms with Gasteiger partial charge in [-0.2, -0.15) is 9.50 Å². The first-order chi connectivity index (χ1) is 11.7. The van der Waals surface area contributed by atoms with Crippen LogP contribution in [0.1, 0.15) is 5.69 Å². The number of H-pyrrole nitrogens is 1. The first-order valence-corrected chi connectivity index (χ1v) is 8.14. The summed E-state index contributed by atoms with van der Waals surface area (Å²) in [6.07, 6.45) is 0.600. The Morgan fingerprint density at radius 1 is 1.33 bits per heavy atom. The Morgan fingerprint density at radius 3 is 3.00 bits per heavy atom. The second-order valence-corrected chi connectivity index (χ2v) is 6.08. The fourth-order valence-electron chi connectivity index (χ4n) is 2.79. The van der Waals surface area contributed by atoms with Crippen LogP contribution in [0.25, 0.3) is 17.2 Å². The largest absolute Gasteiger partial charge is 0.375 e. The molecule has 24 heavy (non-hydrogen) atoms. The molecule has 2 N–H and O–H groups in total. The van der Waals surface area contributed by atoms with Gasteiger partial charge in [0.2, 0.25) is 0 Å². The van der Waals surface area contributed by atoms with E-state index in [0.29, 0.717) is 35.3 Å². The summed E-state index contributed by atoms with van der Waals surface area (Å²) in [7, 11) is 0. The van der Waals surface area contributed by atoms with Crippen LogP contribution in [0.2, 0.25) is 5.02 Å². The van der Waals surface area contributed by atoms with Crippen molar-refractivity contribution in [3.05, 3.63) is 51.4 Å². The fraction of sp³-hybridized carbons (Fsp3) is 0.312. The first kappa shape index (κ1) is 15.3. The Labute approximate surface area is 142 Å². The summed E-state index contributed by atoms with van der Waals surface area (Å²) in [4.78, 5) is 21.2. The van der Waals surface area contributed by atoms with Crippen LogP contribution in [0.3, 0.4) is 0 Å². The minimum atomic E-state index is -0.204. The topological polar surface area (TPSA) is 84.3 Å². The fourth-order valence-corrected chi connectivity index (χ4v) is 3.01. The third-order valence-corrected chi connectivity index (χ3v) is 4.28. The molecule has 0 spiro atoms. The molecule has 1 atom stereocenters. The van der Waals surface area contributed by atoms with E-state index in [1.54, 1.807) is 6.07 Å². The van der Waals surface area contributed by atoms with Crippen LogP contribution in [-0.4, -0.2) is 45.4 Å². The van der Waals surface area contributed by atoms with Crippen LogP contribution in [-0.2, 0) is 11.2 Å². The van der Waals surface area contributed by atoms with E-state index in [1.807, 2.05) is 18.2 Å². The molecule has 0 bridgehead atoms. The summed E-state index contributed by atoms with van der Waals surface area (Å²) >= 11 is 6.19. The molecule has 8 heteroatoms. The molecule has 3 aromatic rings. The van der Waals surface area contributed by atoms with E-state index in [4.69, 9.17) is 16.3 Å². The number of morpholine rings is 1. The Bertz CT molecular complexity index is 930. The molecule has 124 valence electrons. The average Bonchev–Trinajstić information content (AvgIpc) is 3.00. The van der Waals surface area contributed by atoms with Gasteiger partial charge in [0.05, 0.1) is 23.4 Å². The van der Waals surface area contributed by atoms with Gasteiger partial charge in [0.1, 0.15) is 0 Å². The molecular weight excluding hydrogens is 330 g/mol. The lowest BCUT2D eigenvalue weighted by Crippen LogP contribution is -2.40. The van der Waals surface area contributed by atoms with Crippen molar-refractivity contribution in [2.24, 2.45) is 0 Å². The second kappa shape index (κ2) is 6.35. The second-order valence-electron chi connectivity index (χ2n) is 5.67. The minimum Gasteiger partial charge on any atom is -0.375 e. The zero-order chi connectivity index (χ0) is 16.5. The number of rotatable bonds is 3. The van der Waals surface area contributed by atoms with Crippen molar-refractivity contribution in [2.75, 3.05) is 19.7 Å². The number of fused-ring (bicyclic) bond motifs is 1. The lowest BCUT2D eigenvalue weighted by atomic mass is 10.1. The first-order valence-electron chi connectivity index (χ1n) is 7.76. The van der Waals surface area contributed by atoms with E-state index in [2.05, 4.69) is 20.4 Å². The Balaban J connectivity index is 1.70. The monoisotopic (exact) mass is 345 g/mol. The number of aromatic nitrogens is 4. The molecule has 7 nitrogen and oxygen atoms in total. The van der Waals surface area contributed by atoms with E-state index in [9.17, 15) is 4.79 Å². The number of aromatic amines is 1. The zero-order valence-corrected chi connectivity index (χ0v) is 13.6. The van der Waals surface area contributed by atoms with E-state index in [1.165, 1.54) is 10.6 Å². The van der Waals surface area contributed by atoms with Crippen LogP contribution in [0, 0.1) is 0 Å². The highest BCUT2D eigenvalue weighted by Gasteiger charge is 2.17. The van der Waals surface area contributed by atoms with Crippen molar-refractivity contribution in [3.8, 4) is 11.4 Å². The van der Waals surface area contributed by atoms with Gasteiger partial charge in [-0.05, 0) is 12.1 Å². The van der Waals surface area contributed by atoms with E-state index < -0.39 is 0 Å². The van der Waals surface area contributed by atoms with Gasteiger partial charge in [0.15, 0.2) is 5.82 Å². The molecule has 0 saturated carbocycles. The molecule has 1 aromatic carbocycles. The van der Waals surface area contributed by atoms with Crippen LogP contribution < -0.4 is 10.9 Å². The predicted octanol–water partition coefficient (Wildman–Crippen LogP) is 1.27. The number of hydrogen-bond donors (Lipinski definition) is 2. The van der Waals surface area contributed by atoms with Gasteiger partial charge in [-0.1, -0.05) is 23.7 Å². The van der Waals surface area contributed by atoms with Crippen LogP contribution in [0.4, 0.5) is 0 Å². The molecular formula is C16H16ClN5O2. The molecule has 1 aliphatic rings. The summed E-state index contributed by atoms with van der Waals surface area (Å²) in [5.41, 5.74) is 1.20. The maximum absolute atomic E-state index is 12.3. The van der Waals surface area contributed by atoms with E-state index in [0.717, 1.165) is 18.7 Å². The highest BCUT2D eigenvalue weighted by atomic mass is 35.5. The Hall–Kier alpha value is -2.22. The molecule has 3 heterocycles. The summed E-state index contributed by atoms with van der Waals surface area (Å²) in [5.74, 6) is 0.842. The van der Waals surface area contributed by atoms with Crippen LogP contribution >= 0.6 is 11.6 Å². The summed E-state index contributed by atoms with van der Waals surface area (Å²) in [5, 5.41) is 6.78. The highest BCUT2D eigenvalue weighted by molar-refractivity contribution is 6.33. The lowest BCUT2D eigenvalue weighted by molar-refractivity contribution is 0.0286. The van der Waals surface area contributed by atoms with Crippen molar-refractivity contribution in [1.29, 1.82) is 0 Å². The maximum Gasteiger partial charge on any atom is 0.274 e.